The molecule has 1 aromatic heterocycles. The van der Waals surface area contributed by atoms with Gasteiger partial charge >= 0.3 is 0 Å². The molecule has 2 aliphatic rings. The molecular weight excluding hydrogens is 494 g/mol. The van der Waals surface area contributed by atoms with Crippen LogP contribution >= 0.6 is 0 Å². The zero-order valence-electron chi connectivity index (χ0n) is 23.8. The summed E-state index contributed by atoms with van der Waals surface area (Å²) in [6.07, 6.45) is 11.5. The molecule has 3 aromatic rings. The summed E-state index contributed by atoms with van der Waals surface area (Å²) in [5, 5.41) is 10.4. The molecule has 0 saturated carbocycles. The number of fused-ring (bicyclic) bond motifs is 1. The van der Waals surface area contributed by atoms with Crippen molar-refractivity contribution < 1.29 is 4.79 Å². The number of carbonyl (C=O) groups excluding carboxylic acids is 1. The van der Waals surface area contributed by atoms with Crippen LogP contribution in [0.5, 0.6) is 0 Å². The molecule has 3 heterocycles. The number of likely N-dealkylation sites (tertiary alicyclic amines) is 1. The Hall–Kier alpha value is -3.40. The van der Waals surface area contributed by atoms with Crippen molar-refractivity contribution in [1.29, 1.82) is 5.26 Å². The van der Waals surface area contributed by atoms with Crippen molar-refractivity contribution in [2.45, 2.75) is 44.9 Å². The molecule has 6 nitrogen and oxygen atoms in total. The Morgan fingerprint density at radius 3 is 2.50 bits per heavy atom. The van der Waals surface area contributed by atoms with Crippen LogP contribution in [0.4, 0.5) is 5.69 Å². The smallest absolute Gasteiger partial charge is 0.162 e. The van der Waals surface area contributed by atoms with Gasteiger partial charge in [-0.2, -0.15) is 5.26 Å². The van der Waals surface area contributed by atoms with Gasteiger partial charge in [0, 0.05) is 67.5 Å². The third-order valence-corrected chi connectivity index (χ3v) is 8.87. The summed E-state index contributed by atoms with van der Waals surface area (Å²) in [5.74, 6) is 0.953. The average molecular weight is 538 g/mol. The van der Waals surface area contributed by atoms with Gasteiger partial charge in [0.1, 0.15) is 0 Å². The number of nitriles is 1. The van der Waals surface area contributed by atoms with Crippen molar-refractivity contribution in [3.05, 3.63) is 78.0 Å². The van der Waals surface area contributed by atoms with Gasteiger partial charge in [0.15, 0.2) is 5.78 Å². The van der Waals surface area contributed by atoms with E-state index in [1.807, 2.05) is 36.4 Å². The van der Waals surface area contributed by atoms with Crippen molar-refractivity contribution in [3.63, 3.8) is 0 Å². The Balaban J connectivity index is 0.998. The number of piperidine rings is 1. The lowest BCUT2D eigenvalue weighted by Crippen LogP contribution is -2.46. The lowest BCUT2D eigenvalue weighted by Gasteiger charge is -2.36. The van der Waals surface area contributed by atoms with E-state index in [4.69, 9.17) is 0 Å². The summed E-state index contributed by atoms with van der Waals surface area (Å²) in [6.45, 7) is 12.4. The molecule has 2 fully saturated rings. The van der Waals surface area contributed by atoms with Gasteiger partial charge in [-0.15, -0.1) is 6.58 Å². The summed E-state index contributed by atoms with van der Waals surface area (Å²) in [6, 6.07) is 16.4. The number of benzene rings is 2. The normalized spacial score (nSPS) is 17.2. The zero-order chi connectivity index (χ0) is 27.7. The quantitative estimate of drug-likeness (QED) is 0.173. The van der Waals surface area contributed by atoms with E-state index in [-0.39, 0.29) is 5.78 Å². The summed E-state index contributed by atoms with van der Waals surface area (Å²) in [7, 11) is 0. The monoisotopic (exact) mass is 537 g/mol. The number of anilines is 1. The highest BCUT2D eigenvalue weighted by Gasteiger charge is 2.20. The number of hydrogen-bond acceptors (Lipinski definition) is 5. The number of ketones is 1. The van der Waals surface area contributed by atoms with Crippen LogP contribution in [0.25, 0.3) is 10.9 Å². The van der Waals surface area contributed by atoms with Gasteiger partial charge in [-0.1, -0.05) is 6.08 Å². The first-order valence-corrected chi connectivity index (χ1v) is 15.1. The van der Waals surface area contributed by atoms with Crippen LogP contribution in [0.15, 0.2) is 61.3 Å². The minimum atomic E-state index is 0.281. The fraction of sp³-hybridized carbons (Fsp3) is 0.471. The van der Waals surface area contributed by atoms with E-state index in [0.717, 1.165) is 88.3 Å². The number of Topliss-reactive ketones (excluding diaryl/α,β-unsaturated/α-hetero) is 1. The van der Waals surface area contributed by atoms with Crippen molar-refractivity contribution in [2.24, 2.45) is 5.92 Å². The first kappa shape index (κ1) is 28.1. The second kappa shape index (κ2) is 13.8. The first-order chi connectivity index (χ1) is 19.6. The summed E-state index contributed by atoms with van der Waals surface area (Å²) < 4.78 is 0. The maximum absolute atomic E-state index is 12.8. The van der Waals surface area contributed by atoms with E-state index in [0.29, 0.717) is 12.3 Å². The topological polar surface area (TPSA) is 66.4 Å². The van der Waals surface area contributed by atoms with Gasteiger partial charge in [0.25, 0.3) is 0 Å². The van der Waals surface area contributed by atoms with E-state index in [2.05, 4.69) is 50.7 Å². The summed E-state index contributed by atoms with van der Waals surface area (Å²) >= 11 is 0. The molecule has 1 N–H and O–H groups in total. The molecule has 0 amide bonds. The molecule has 6 heteroatoms. The fourth-order valence-electron chi connectivity index (χ4n) is 6.31. The number of H-pyrrole nitrogens is 1. The number of unbranched alkanes of at least 4 members (excludes halogenated alkanes) is 1. The number of carbonyl (C=O) groups is 1. The number of aryl methyl sites for hydroxylation is 1. The van der Waals surface area contributed by atoms with Crippen molar-refractivity contribution in [3.8, 4) is 6.07 Å². The maximum Gasteiger partial charge on any atom is 0.162 e. The zero-order valence-corrected chi connectivity index (χ0v) is 23.8. The first-order valence-electron chi connectivity index (χ1n) is 15.1. The van der Waals surface area contributed by atoms with E-state index >= 15 is 0 Å². The van der Waals surface area contributed by atoms with Crippen LogP contribution in [0.3, 0.4) is 0 Å². The van der Waals surface area contributed by atoms with E-state index < -0.39 is 0 Å². The molecule has 2 saturated heterocycles. The Kier molecular flexibility index (Phi) is 9.70. The van der Waals surface area contributed by atoms with Crippen molar-refractivity contribution >= 4 is 22.4 Å². The van der Waals surface area contributed by atoms with Crippen LogP contribution in [0.1, 0.15) is 60.0 Å². The Morgan fingerprint density at radius 1 is 1.00 bits per heavy atom. The third-order valence-electron chi connectivity index (χ3n) is 8.87. The highest BCUT2D eigenvalue weighted by Crippen LogP contribution is 2.25. The highest BCUT2D eigenvalue weighted by molar-refractivity contribution is 5.96. The molecule has 0 unspecified atom stereocenters. The average Bonchev–Trinajstić information content (AvgIpc) is 3.41. The molecule has 0 atom stereocenters. The molecule has 5 rings (SSSR count). The summed E-state index contributed by atoms with van der Waals surface area (Å²) in [4.78, 5) is 23.6. The van der Waals surface area contributed by atoms with Crippen molar-refractivity contribution in [2.75, 3.05) is 57.3 Å². The summed E-state index contributed by atoms with van der Waals surface area (Å²) in [5.41, 5.74) is 5.22. The predicted octanol–water partition coefficient (Wildman–Crippen LogP) is 6.05. The van der Waals surface area contributed by atoms with Gasteiger partial charge in [0.2, 0.25) is 0 Å². The number of rotatable bonds is 12. The van der Waals surface area contributed by atoms with E-state index in [9.17, 15) is 10.1 Å². The SMILES string of the molecule is C=CCN1CCC(CCC(=O)c2ccc(N3CCN(CCCCc4c[nH]c5ccc(C#N)cc45)CC3)cc2)CC1. The minimum absolute atomic E-state index is 0.281. The molecule has 210 valence electrons. The number of nitrogens with one attached hydrogen (secondary N) is 1. The standard InChI is InChI=1S/C34H43N5O/c1-2-16-37-18-14-27(15-19-37)7-13-34(40)29-8-10-31(11-9-29)39-22-20-38(21-23-39)17-4-3-5-30-26-36-33-12-6-28(25-35)24-32(30)33/h2,6,8-12,24,26-27,36H,1,3-5,7,13-23H2. The number of aromatic nitrogens is 1. The third kappa shape index (κ3) is 7.21. The van der Waals surface area contributed by atoms with Crippen LogP contribution in [-0.4, -0.2) is 72.9 Å². The van der Waals surface area contributed by atoms with E-state index in [1.54, 1.807) is 0 Å². The van der Waals surface area contributed by atoms with Gasteiger partial charge in [-0.3, -0.25) is 14.6 Å². The molecular formula is C34H43N5O. The molecule has 2 aromatic carbocycles. The van der Waals surface area contributed by atoms with Gasteiger partial charge < -0.3 is 9.88 Å². The molecule has 2 aliphatic heterocycles. The van der Waals surface area contributed by atoms with Crippen molar-refractivity contribution in [1.82, 2.24) is 14.8 Å². The maximum atomic E-state index is 12.8. The van der Waals surface area contributed by atoms with Gasteiger partial charge in [-0.05, 0) is 112 Å². The Labute approximate surface area is 239 Å². The van der Waals surface area contributed by atoms with Crippen LogP contribution < -0.4 is 4.90 Å². The van der Waals surface area contributed by atoms with Crippen LogP contribution in [-0.2, 0) is 6.42 Å². The lowest BCUT2D eigenvalue weighted by molar-refractivity contribution is 0.0964. The number of aromatic amines is 1. The minimum Gasteiger partial charge on any atom is -0.369 e. The molecule has 40 heavy (non-hydrogen) atoms. The Bertz CT molecular complexity index is 1300. The fourth-order valence-corrected chi connectivity index (χ4v) is 6.31. The highest BCUT2D eigenvalue weighted by atomic mass is 16.1. The largest absolute Gasteiger partial charge is 0.369 e. The Morgan fingerprint density at radius 2 is 1.77 bits per heavy atom. The molecule has 0 aliphatic carbocycles. The molecule has 0 spiro atoms. The predicted molar refractivity (Wildman–Crippen MR) is 164 cm³/mol. The van der Waals surface area contributed by atoms with Crippen LogP contribution in [0.2, 0.25) is 0 Å². The molecule has 0 bridgehead atoms. The lowest BCUT2D eigenvalue weighted by atomic mass is 9.90. The second-order valence-electron chi connectivity index (χ2n) is 11.5. The van der Waals surface area contributed by atoms with Gasteiger partial charge in [-0.25, -0.2) is 0 Å². The second-order valence-corrected chi connectivity index (χ2v) is 11.5. The van der Waals surface area contributed by atoms with Crippen LogP contribution in [0, 0.1) is 17.2 Å². The number of piperazine rings is 1. The van der Waals surface area contributed by atoms with E-state index in [1.165, 1.54) is 35.9 Å². The number of hydrogen-bond donors (Lipinski definition) is 1. The van der Waals surface area contributed by atoms with Gasteiger partial charge in [0.05, 0.1) is 11.6 Å². The molecule has 0 radical (unpaired) electrons. The number of nitrogens with zero attached hydrogens (tertiary/aromatic N) is 4.